The lowest BCUT2D eigenvalue weighted by Crippen LogP contribution is -2.00. The van der Waals surface area contributed by atoms with Gasteiger partial charge in [-0.05, 0) is 42.0 Å². The second-order valence-corrected chi connectivity index (χ2v) is 3.99. The van der Waals surface area contributed by atoms with Crippen molar-refractivity contribution < 1.29 is 13.9 Å². The zero-order valence-electron chi connectivity index (χ0n) is 10.8. The molecule has 2 aromatic carbocycles. The van der Waals surface area contributed by atoms with E-state index in [0.717, 1.165) is 5.56 Å². The molecule has 0 heterocycles. The quantitative estimate of drug-likeness (QED) is 0.528. The van der Waals surface area contributed by atoms with Crippen molar-refractivity contribution >= 4 is 17.9 Å². The van der Waals surface area contributed by atoms with Gasteiger partial charge in [-0.1, -0.05) is 12.1 Å². The van der Waals surface area contributed by atoms with Crippen LogP contribution in [-0.2, 0) is 4.74 Å². The first kappa shape index (κ1) is 13.7. The minimum atomic E-state index is -0.377. The number of benzene rings is 2. The number of rotatable bonds is 4. The summed E-state index contributed by atoms with van der Waals surface area (Å²) in [5.41, 5.74) is 4.78. The Morgan fingerprint density at radius 2 is 1.80 bits per heavy atom. The van der Waals surface area contributed by atoms with Gasteiger partial charge in [-0.15, -0.1) is 0 Å². The molecule has 0 spiro atoms. The number of ether oxygens (including phenoxy) is 1. The molecule has 102 valence electrons. The summed E-state index contributed by atoms with van der Waals surface area (Å²) in [5.74, 6) is -0.671. The van der Waals surface area contributed by atoms with Crippen LogP contribution >= 0.6 is 0 Å². The monoisotopic (exact) mass is 272 g/mol. The predicted molar refractivity (Wildman–Crippen MR) is 75.4 cm³/mol. The molecule has 0 aliphatic carbocycles. The number of hydrogen-bond acceptors (Lipinski definition) is 4. The van der Waals surface area contributed by atoms with Crippen molar-refractivity contribution in [2.24, 2.45) is 5.10 Å². The fraction of sp³-hybridized carbons (Fsp3) is 0.0667. The van der Waals surface area contributed by atoms with Gasteiger partial charge in [0.1, 0.15) is 5.82 Å². The Balaban J connectivity index is 1.97. The molecule has 0 atom stereocenters. The standard InChI is InChI=1S/C15H13FN2O2/c1-20-15(19)12-4-2-11(3-5-12)10-17-18-14-8-6-13(16)7-9-14/h2-10,18H,1H3/b17-10+. The van der Waals surface area contributed by atoms with Crippen LogP contribution in [-0.4, -0.2) is 19.3 Å². The normalized spacial score (nSPS) is 10.5. The summed E-state index contributed by atoms with van der Waals surface area (Å²) < 4.78 is 17.3. The third-order valence-corrected chi connectivity index (χ3v) is 2.58. The van der Waals surface area contributed by atoms with E-state index < -0.39 is 0 Å². The van der Waals surface area contributed by atoms with Crippen LogP contribution in [0.4, 0.5) is 10.1 Å². The van der Waals surface area contributed by atoms with Crippen LogP contribution in [0.15, 0.2) is 53.6 Å². The molecule has 0 radical (unpaired) electrons. The van der Waals surface area contributed by atoms with Crippen LogP contribution in [0.5, 0.6) is 0 Å². The van der Waals surface area contributed by atoms with Crippen molar-refractivity contribution in [3.05, 3.63) is 65.5 Å². The highest BCUT2D eigenvalue weighted by Crippen LogP contribution is 2.08. The zero-order chi connectivity index (χ0) is 14.4. The lowest BCUT2D eigenvalue weighted by molar-refractivity contribution is 0.0600. The Morgan fingerprint density at radius 3 is 2.40 bits per heavy atom. The number of methoxy groups -OCH3 is 1. The predicted octanol–water partition coefficient (Wildman–Crippen LogP) is 3.06. The van der Waals surface area contributed by atoms with Crippen LogP contribution in [0.1, 0.15) is 15.9 Å². The van der Waals surface area contributed by atoms with E-state index in [0.29, 0.717) is 11.3 Å². The fourth-order valence-electron chi connectivity index (χ4n) is 1.53. The molecule has 1 N–H and O–H groups in total. The van der Waals surface area contributed by atoms with E-state index in [2.05, 4.69) is 15.3 Å². The molecule has 0 saturated carbocycles. The van der Waals surface area contributed by atoms with Crippen molar-refractivity contribution in [1.82, 2.24) is 0 Å². The van der Waals surface area contributed by atoms with Crippen LogP contribution < -0.4 is 5.43 Å². The highest BCUT2D eigenvalue weighted by molar-refractivity contribution is 5.90. The molecule has 0 bridgehead atoms. The van der Waals surface area contributed by atoms with E-state index >= 15 is 0 Å². The second kappa shape index (κ2) is 6.47. The van der Waals surface area contributed by atoms with Gasteiger partial charge >= 0.3 is 5.97 Å². The first-order valence-corrected chi connectivity index (χ1v) is 5.92. The van der Waals surface area contributed by atoms with Gasteiger partial charge < -0.3 is 4.74 Å². The summed E-state index contributed by atoms with van der Waals surface area (Å²) in [6.07, 6.45) is 1.60. The molecule has 0 fully saturated rings. The zero-order valence-corrected chi connectivity index (χ0v) is 10.8. The maximum absolute atomic E-state index is 12.7. The molecular formula is C15H13FN2O2. The van der Waals surface area contributed by atoms with Gasteiger partial charge in [0, 0.05) is 0 Å². The SMILES string of the molecule is COC(=O)c1ccc(/C=N/Nc2ccc(F)cc2)cc1. The number of carbonyl (C=O) groups excluding carboxylic acids is 1. The van der Waals surface area contributed by atoms with Crippen molar-refractivity contribution in [2.75, 3.05) is 12.5 Å². The van der Waals surface area contributed by atoms with Gasteiger partial charge in [0.25, 0.3) is 0 Å². The summed E-state index contributed by atoms with van der Waals surface area (Å²) in [6.45, 7) is 0. The first-order valence-electron chi connectivity index (χ1n) is 5.92. The summed E-state index contributed by atoms with van der Waals surface area (Å²) in [5, 5.41) is 4.02. The van der Waals surface area contributed by atoms with E-state index in [1.807, 2.05) is 0 Å². The molecule has 0 aliphatic heterocycles. The molecule has 0 aromatic heterocycles. The molecule has 2 rings (SSSR count). The summed E-state index contributed by atoms with van der Waals surface area (Å²) >= 11 is 0. The average molecular weight is 272 g/mol. The molecule has 0 aliphatic rings. The Labute approximate surface area is 115 Å². The number of hydrazone groups is 1. The van der Waals surface area contributed by atoms with E-state index in [1.165, 1.54) is 19.2 Å². The summed E-state index contributed by atoms with van der Waals surface area (Å²) in [7, 11) is 1.34. The van der Waals surface area contributed by atoms with Crippen molar-refractivity contribution in [3.63, 3.8) is 0 Å². The van der Waals surface area contributed by atoms with Crippen LogP contribution in [0.2, 0.25) is 0 Å². The molecule has 0 amide bonds. The van der Waals surface area contributed by atoms with Gasteiger partial charge in [-0.3, -0.25) is 5.43 Å². The average Bonchev–Trinajstić information content (AvgIpc) is 2.49. The van der Waals surface area contributed by atoms with Crippen molar-refractivity contribution in [3.8, 4) is 0 Å². The Morgan fingerprint density at radius 1 is 1.15 bits per heavy atom. The topological polar surface area (TPSA) is 50.7 Å². The van der Waals surface area contributed by atoms with E-state index in [-0.39, 0.29) is 11.8 Å². The van der Waals surface area contributed by atoms with Crippen LogP contribution in [0.3, 0.4) is 0 Å². The van der Waals surface area contributed by atoms with Crippen molar-refractivity contribution in [2.45, 2.75) is 0 Å². The Kier molecular flexibility index (Phi) is 4.44. The third-order valence-electron chi connectivity index (χ3n) is 2.58. The Hall–Kier alpha value is -2.69. The third kappa shape index (κ3) is 3.65. The van der Waals surface area contributed by atoms with Crippen LogP contribution in [0, 0.1) is 5.82 Å². The van der Waals surface area contributed by atoms with Gasteiger partial charge in [-0.25, -0.2) is 9.18 Å². The minimum Gasteiger partial charge on any atom is -0.465 e. The number of halogens is 1. The smallest absolute Gasteiger partial charge is 0.337 e. The van der Waals surface area contributed by atoms with Gasteiger partial charge in [0.2, 0.25) is 0 Å². The maximum atomic E-state index is 12.7. The van der Waals surface area contributed by atoms with Gasteiger partial charge in [0.05, 0.1) is 24.6 Å². The molecule has 2 aromatic rings. The number of esters is 1. The molecular weight excluding hydrogens is 259 g/mol. The molecule has 4 nitrogen and oxygen atoms in total. The number of nitrogens with zero attached hydrogens (tertiary/aromatic N) is 1. The fourth-order valence-corrected chi connectivity index (χ4v) is 1.53. The largest absolute Gasteiger partial charge is 0.465 e. The van der Waals surface area contributed by atoms with Crippen molar-refractivity contribution in [1.29, 1.82) is 0 Å². The summed E-state index contributed by atoms with van der Waals surface area (Å²) in [4.78, 5) is 11.3. The number of nitrogens with one attached hydrogen (secondary N) is 1. The van der Waals surface area contributed by atoms with Gasteiger partial charge in [-0.2, -0.15) is 5.10 Å². The van der Waals surface area contributed by atoms with Gasteiger partial charge in [0.15, 0.2) is 0 Å². The molecule has 0 unspecified atom stereocenters. The lowest BCUT2D eigenvalue weighted by Gasteiger charge is -2.00. The highest BCUT2D eigenvalue weighted by Gasteiger charge is 2.03. The van der Waals surface area contributed by atoms with E-state index in [9.17, 15) is 9.18 Å². The number of hydrogen-bond donors (Lipinski definition) is 1. The number of anilines is 1. The summed E-state index contributed by atoms with van der Waals surface area (Å²) in [6, 6.07) is 12.7. The van der Waals surface area contributed by atoms with Crippen LogP contribution in [0.25, 0.3) is 0 Å². The maximum Gasteiger partial charge on any atom is 0.337 e. The molecule has 20 heavy (non-hydrogen) atoms. The molecule has 5 heteroatoms. The first-order chi connectivity index (χ1) is 9.69. The van der Waals surface area contributed by atoms with E-state index in [1.54, 1.807) is 42.6 Å². The minimum absolute atomic E-state index is 0.294. The van der Waals surface area contributed by atoms with E-state index in [4.69, 9.17) is 0 Å². The second-order valence-electron chi connectivity index (χ2n) is 3.99. The highest BCUT2D eigenvalue weighted by atomic mass is 19.1. The number of carbonyl (C=O) groups is 1. The molecule has 0 saturated heterocycles. The lowest BCUT2D eigenvalue weighted by atomic mass is 10.1. The Bertz CT molecular complexity index is 607.